The molecule has 0 aliphatic carbocycles. The van der Waals surface area contributed by atoms with Crippen LogP contribution in [0.5, 0.6) is 0 Å². The van der Waals surface area contributed by atoms with Crippen LogP contribution in [0.3, 0.4) is 0 Å². The summed E-state index contributed by atoms with van der Waals surface area (Å²) in [5.74, 6) is -4.37. The molecule has 0 aliphatic heterocycles. The lowest BCUT2D eigenvalue weighted by atomic mass is 10.1. The van der Waals surface area contributed by atoms with Gasteiger partial charge >= 0.3 is 11.9 Å². The molecular formula is C18H33N5O7S. The van der Waals surface area contributed by atoms with Crippen molar-refractivity contribution in [3.8, 4) is 0 Å². The molecule has 0 spiro atoms. The van der Waals surface area contributed by atoms with E-state index < -0.39 is 60.2 Å². The van der Waals surface area contributed by atoms with E-state index in [-0.39, 0.29) is 12.8 Å². The number of rotatable bonds is 16. The standard InChI is InChI=1S/C18H33N5O7S/c1-10(20)15(26)23-13(9-14(24)25)17(28)21-11(5-3-4-7-19)16(27)22-12(18(29)30)6-8-31-2/h10-13H,3-9,19-20H2,1-2H3,(H,21,28)(H,22,27)(H,23,26)(H,24,25)(H,29,30). The van der Waals surface area contributed by atoms with E-state index in [2.05, 4.69) is 16.0 Å². The molecular weight excluding hydrogens is 430 g/mol. The normalized spacial score (nSPS) is 14.6. The molecule has 4 unspecified atom stereocenters. The molecule has 0 aromatic carbocycles. The van der Waals surface area contributed by atoms with Crippen molar-refractivity contribution in [3.05, 3.63) is 0 Å². The van der Waals surface area contributed by atoms with Crippen molar-refractivity contribution in [2.24, 2.45) is 11.5 Å². The van der Waals surface area contributed by atoms with Crippen molar-refractivity contribution >= 4 is 41.4 Å². The van der Waals surface area contributed by atoms with E-state index in [1.54, 1.807) is 6.26 Å². The van der Waals surface area contributed by atoms with Gasteiger partial charge in [-0.2, -0.15) is 11.8 Å². The van der Waals surface area contributed by atoms with Crippen LogP contribution in [0.15, 0.2) is 0 Å². The highest BCUT2D eigenvalue weighted by Gasteiger charge is 2.30. The van der Waals surface area contributed by atoms with Gasteiger partial charge in [-0.25, -0.2) is 4.79 Å². The van der Waals surface area contributed by atoms with Crippen molar-refractivity contribution < 1.29 is 34.2 Å². The van der Waals surface area contributed by atoms with E-state index in [4.69, 9.17) is 16.6 Å². The smallest absolute Gasteiger partial charge is 0.326 e. The maximum Gasteiger partial charge on any atom is 0.326 e. The zero-order valence-corrected chi connectivity index (χ0v) is 18.6. The third kappa shape index (κ3) is 12.2. The molecule has 31 heavy (non-hydrogen) atoms. The predicted octanol–water partition coefficient (Wildman–Crippen LogP) is -1.77. The zero-order chi connectivity index (χ0) is 24.0. The molecule has 12 nitrogen and oxygen atoms in total. The van der Waals surface area contributed by atoms with Crippen LogP contribution in [0.25, 0.3) is 0 Å². The minimum Gasteiger partial charge on any atom is -0.481 e. The minimum atomic E-state index is -1.45. The maximum atomic E-state index is 12.7. The molecule has 0 heterocycles. The number of amides is 3. The number of carboxylic acid groups (broad SMARTS) is 2. The van der Waals surface area contributed by atoms with E-state index in [0.717, 1.165) is 0 Å². The highest BCUT2D eigenvalue weighted by molar-refractivity contribution is 7.98. The topological polar surface area (TPSA) is 214 Å². The van der Waals surface area contributed by atoms with Gasteiger partial charge in [0.05, 0.1) is 12.5 Å². The molecule has 0 aromatic heterocycles. The lowest BCUT2D eigenvalue weighted by Gasteiger charge is -2.24. The first-order valence-corrected chi connectivity index (χ1v) is 11.2. The van der Waals surface area contributed by atoms with Crippen LogP contribution in [-0.2, 0) is 24.0 Å². The predicted molar refractivity (Wildman–Crippen MR) is 115 cm³/mol. The molecule has 13 heteroatoms. The first-order chi connectivity index (χ1) is 14.5. The first-order valence-electron chi connectivity index (χ1n) is 9.83. The number of carboxylic acids is 2. The van der Waals surface area contributed by atoms with Gasteiger partial charge in [0.1, 0.15) is 18.1 Å². The van der Waals surface area contributed by atoms with Crippen LogP contribution >= 0.6 is 11.8 Å². The van der Waals surface area contributed by atoms with E-state index in [9.17, 15) is 29.1 Å². The highest BCUT2D eigenvalue weighted by atomic mass is 32.2. The number of hydrogen-bond acceptors (Lipinski definition) is 8. The molecule has 0 rings (SSSR count). The average molecular weight is 464 g/mol. The van der Waals surface area contributed by atoms with Crippen LogP contribution in [0, 0.1) is 0 Å². The Kier molecular flexibility index (Phi) is 14.2. The maximum absolute atomic E-state index is 12.7. The van der Waals surface area contributed by atoms with Gasteiger partial charge in [-0.05, 0) is 51.2 Å². The quantitative estimate of drug-likeness (QED) is 0.128. The summed E-state index contributed by atoms with van der Waals surface area (Å²) in [6.45, 7) is 1.73. The Balaban J connectivity index is 5.40. The molecule has 4 atom stereocenters. The third-order valence-electron chi connectivity index (χ3n) is 4.23. The Labute approximate surface area is 185 Å². The lowest BCUT2D eigenvalue weighted by molar-refractivity contribution is -0.143. The van der Waals surface area contributed by atoms with E-state index in [0.29, 0.717) is 25.1 Å². The largest absolute Gasteiger partial charge is 0.481 e. The van der Waals surface area contributed by atoms with Crippen molar-refractivity contribution in [3.63, 3.8) is 0 Å². The van der Waals surface area contributed by atoms with Crippen molar-refractivity contribution in [1.29, 1.82) is 0 Å². The highest BCUT2D eigenvalue weighted by Crippen LogP contribution is 2.06. The first kappa shape index (κ1) is 28.6. The van der Waals surface area contributed by atoms with Crippen LogP contribution in [-0.4, -0.2) is 82.6 Å². The SMILES string of the molecule is CSCCC(NC(=O)C(CCCCN)NC(=O)C(CC(=O)O)NC(=O)C(C)N)C(=O)O. The fourth-order valence-electron chi connectivity index (χ4n) is 2.49. The summed E-state index contributed by atoms with van der Waals surface area (Å²) in [6.07, 6.45) is 2.46. The number of thioether (sulfide) groups is 1. The molecule has 9 N–H and O–H groups in total. The average Bonchev–Trinajstić information content (AvgIpc) is 2.68. The summed E-state index contributed by atoms with van der Waals surface area (Å²) in [4.78, 5) is 59.6. The Morgan fingerprint density at radius 1 is 0.871 bits per heavy atom. The summed E-state index contributed by atoms with van der Waals surface area (Å²) in [5, 5.41) is 25.4. The van der Waals surface area contributed by atoms with Crippen molar-refractivity contribution in [1.82, 2.24) is 16.0 Å². The number of nitrogens with one attached hydrogen (secondary N) is 3. The summed E-state index contributed by atoms with van der Waals surface area (Å²) >= 11 is 1.42. The Bertz CT molecular complexity index is 632. The Morgan fingerprint density at radius 3 is 1.90 bits per heavy atom. The third-order valence-corrected chi connectivity index (χ3v) is 4.87. The second-order valence-electron chi connectivity index (χ2n) is 6.97. The Morgan fingerprint density at radius 2 is 1.42 bits per heavy atom. The van der Waals surface area contributed by atoms with Crippen LogP contribution in [0.1, 0.15) is 39.0 Å². The van der Waals surface area contributed by atoms with E-state index in [1.165, 1.54) is 18.7 Å². The Hall–Kier alpha value is -2.38. The van der Waals surface area contributed by atoms with Crippen molar-refractivity contribution in [2.45, 2.75) is 63.2 Å². The number of nitrogens with two attached hydrogens (primary N) is 2. The molecule has 0 aliphatic rings. The van der Waals surface area contributed by atoms with Gasteiger partial charge in [0.25, 0.3) is 0 Å². The van der Waals surface area contributed by atoms with E-state index in [1.807, 2.05) is 0 Å². The van der Waals surface area contributed by atoms with Gasteiger partial charge in [-0.3, -0.25) is 19.2 Å². The monoisotopic (exact) mass is 463 g/mol. The summed E-state index contributed by atoms with van der Waals surface area (Å²) in [6, 6.07) is -4.69. The summed E-state index contributed by atoms with van der Waals surface area (Å²) in [7, 11) is 0. The summed E-state index contributed by atoms with van der Waals surface area (Å²) < 4.78 is 0. The van der Waals surface area contributed by atoms with Gasteiger partial charge in [-0.1, -0.05) is 0 Å². The molecule has 3 amide bonds. The summed E-state index contributed by atoms with van der Waals surface area (Å²) in [5.41, 5.74) is 10.9. The molecule has 0 aromatic rings. The number of unbranched alkanes of at least 4 members (excludes halogenated alkanes) is 1. The van der Waals surface area contributed by atoms with Gasteiger partial charge in [-0.15, -0.1) is 0 Å². The number of carbonyl (C=O) groups excluding carboxylic acids is 3. The van der Waals surface area contributed by atoms with Crippen LogP contribution in [0.2, 0.25) is 0 Å². The fourth-order valence-corrected chi connectivity index (χ4v) is 2.96. The minimum absolute atomic E-state index is 0.157. The van der Waals surface area contributed by atoms with Gasteiger partial charge in [0.15, 0.2) is 0 Å². The van der Waals surface area contributed by atoms with Crippen molar-refractivity contribution in [2.75, 3.05) is 18.6 Å². The molecule has 0 bridgehead atoms. The second-order valence-corrected chi connectivity index (χ2v) is 7.96. The van der Waals surface area contributed by atoms with Crippen LogP contribution < -0.4 is 27.4 Å². The molecule has 178 valence electrons. The molecule has 0 saturated heterocycles. The zero-order valence-electron chi connectivity index (χ0n) is 17.8. The number of aliphatic carboxylic acids is 2. The van der Waals surface area contributed by atoms with Crippen LogP contribution in [0.4, 0.5) is 0 Å². The fraction of sp³-hybridized carbons (Fsp3) is 0.722. The number of carbonyl (C=O) groups is 5. The number of hydrogen-bond donors (Lipinski definition) is 7. The molecule has 0 fully saturated rings. The van der Waals surface area contributed by atoms with Gasteiger partial charge < -0.3 is 37.6 Å². The molecule has 0 saturated carbocycles. The van der Waals surface area contributed by atoms with E-state index >= 15 is 0 Å². The van der Waals surface area contributed by atoms with Gasteiger partial charge in [0.2, 0.25) is 17.7 Å². The lowest BCUT2D eigenvalue weighted by Crippen LogP contribution is -2.57. The second kappa shape index (κ2) is 15.4. The van der Waals surface area contributed by atoms with Gasteiger partial charge in [0, 0.05) is 0 Å². The molecule has 0 radical (unpaired) electrons.